The Labute approximate surface area is 51.9 Å². The minimum absolute atomic E-state index is 0.963. The summed E-state index contributed by atoms with van der Waals surface area (Å²) in [6.07, 6.45) is 6.85. The number of nitrogens with zero attached hydrogens (tertiary/aromatic N) is 4. The van der Waals surface area contributed by atoms with Crippen molar-refractivity contribution in [3.05, 3.63) is 24.2 Å². The molecule has 0 N–H and O–H groups in total. The Hall–Kier alpha value is -1.45. The second-order valence-corrected chi connectivity index (χ2v) is 1.68. The molecule has 0 saturated carbocycles. The molecule has 0 unspecified atom stereocenters. The average molecular weight is 120 g/mol. The van der Waals surface area contributed by atoms with E-state index in [0.717, 1.165) is 5.70 Å². The largest absolute Gasteiger partial charge is 0.339 e. The molecule has 43 valence electrons. The van der Waals surface area contributed by atoms with Gasteiger partial charge in [-0.25, -0.2) is 4.99 Å². The van der Waals surface area contributed by atoms with E-state index in [4.69, 9.17) is 0 Å². The predicted octanol–water partition coefficient (Wildman–Crippen LogP) is 0.402. The highest BCUT2D eigenvalue weighted by atomic mass is 15.6. The molecule has 0 saturated heterocycles. The van der Waals surface area contributed by atoms with Gasteiger partial charge in [0.25, 0.3) is 0 Å². The second kappa shape index (κ2) is 1.51. The third kappa shape index (κ3) is 0.561. The summed E-state index contributed by atoms with van der Waals surface area (Å²) in [7, 11) is 0. The summed E-state index contributed by atoms with van der Waals surface area (Å²) >= 11 is 0. The molecule has 2 heterocycles. The first-order chi connectivity index (χ1) is 4.47. The normalized spacial score (nSPS) is 20.4. The zero-order valence-corrected chi connectivity index (χ0v) is 4.60. The van der Waals surface area contributed by atoms with E-state index in [0.29, 0.717) is 0 Å². The van der Waals surface area contributed by atoms with Crippen molar-refractivity contribution in [1.82, 2.24) is 10.2 Å². The van der Waals surface area contributed by atoms with Crippen molar-refractivity contribution in [3.63, 3.8) is 0 Å². The van der Waals surface area contributed by atoms with Crippen molar-refractivity contribution in [1.29, 1.82) is 0 Å². The summed E-state index contributed by atoms with van der Waals surface area (Å²) in [4.78, 5) is 3.85. The Morgan fingerprint density at radius 3 is 3.44 bits per heavy atom. The smallest absolute Gasteiger partial charge is 0.240 e. The molecule has 0 aromatic heterocycles. The van der Waals surface area contributed by atoms with Crippen molar-refractivity contribution < 1.29 is 0 Å². The lowest BCUT2D eigenvalue weighted by Gasteiger charge is -1.97. The minimum Gasteiger partial charge on any atom is -0.240 e. The van der Waals surface area contributed by atoms with E-state index < -0.39 is 0 Å². The molecule has 2 aliphatic rings. The molecular formula is C5H4N4+. The third-order valence-corrected chi connectivity index (χ3v) is 1.11. The standard InChI is InChI=1S/C5H4N4/c1-2-6-4-9-5(1)3-7-8-9/h1-4H/q+1. The van der Waals surface area contributed by atoms with Crippen LogP contribution in [0.4, 0.5) is 0 Å². The fraction of sp³-hybridized carbons (Fsp3) is 0. The van der Waals surface area contributed by atoms with E-state index >= 15 is 0 Å². The maximum absolute atomic E-state index is 3.85. The van der Waals surface area contributed by atoms with Gasteiger partial charge in [-0.15, -0.1) is 0 Å². The van der Waals surface area contributed by atoms with Crippen molar-refractivity contribution in [3.8, 4) is 0 Å². The van der Waals surface area contributed by atoms with Gasteiger partial charge in [0.05, 0.1) is 5.11 Å². The van der Waals surface area contributed by atoms with Crippen LogP contribution in [-0.4, -0.2) is 11.3 Å². The highest BCUT2D eigenvalue weighted by Gasteiger charge is 2.22. The molecule has 0 amide bonds. The molecule has 4 nitrogen and oxygen atoms in total. The Morgan fingerprint density at radius 2 is 2.56 bits per heavy atom. The Balaban J connectivity index is 2.40. The maximum atomic E-state index is 3.85. The summed E-state index contributed by atoms with van der Waals surface area (Å²) < 4.78 is 0. The third-order valence-electron chi connectivity index (χ3n) is 1.11. The molecule has 0 spiro atoms. The number of aliphatic imine (C=N–C) groups is 1. The molecular weight excluding hydrogens is 116 g/mol. The molecule has 0 atom stereocenters. The second-order valence-electron chi connectivity index (χ2n) is 1.68. The minimum atomic E-state index is 0.963. The Morgan fingerprint density at radius 1 is 1.56 bits per heavy atom. The summed E-state index contributed by atoms with van der Waals surface area (Å²) in [5.41, 5.74) is 0.963. The van der Waals surface area contributed by atoms with Gasteiger partial charge in [0.15, 0.2) is 6.34 Å². The van der Waals surface area contributed by atoms with Crippen LogP contribution in [0.1, 0.15) is 0 Å². The van der Waals surface area contributed by atoms with Gasteiger partial charge in [-0.1, -0.05) is 0 Å². The van der Waals surface area contributed by atoms with Crippen molar-refractivity contribution in [2.45, 2.75) is 0 Å². The van der Waals surface area contributed by atoms with Crippen LogP contribution in [-0.2, 0) is 0 Å². The summed E-state index contributed by atoms with van der Waals surface area (Å²) in [6.45, 7) is 0. The van der Waals surface area contributed by atoms with Gasteiger partial charge in [-0.2, -0.15) is 0 Å². The number of hydrogen-bond donors (Lipinski definition) is 0. The van der Waals surface area contributed by atoms with Crippen LogP contribution >= 0.6 is 0 Å². The monoisotopic (exact) mass is 120 g/mol. The lowest BCUT2D eigenvalue weighted by atomic mass is 10.4. The Kier molecular flexibility index (Phi) is 0.745. The van der Waals surface area contributed by atoms with Crippen LogP contribution in [0.5, 0.6) is 0 Å². The van der Waals surface area contributed by atoms with Gasteiger partial charge in [0.2, 0.25) is 0 Å². The van der Waals surface area contributed by atoms with Gasteiger partial charge in [-0.3, -0.25) is 0 Å². The summed E-state index contributed by atoms with van der Waals surface area (Å²) in [6, 6.07) is 0. The molecule has 4 heteroatoms. The highest BCUT2D eigenvalue weighted by molar-refractivity contribution is 5.61. The van der Waals surface area contributed by atoms with Crippen molar-refractivity contribution >= 4 is 6.34 Å². The first-order valence-electron chi connectivity index (χ1n) is 2.57. The first-order valence-corrected chi connectivity index (χ1v) is 2.57. The van der Waals surface area contributed by atoms with Gasteiger partial charge < -0.3 is 0 Å². The summed E-state index contributed by atoms with van der Waals surface area (Å²) in [5.74, 6) is 0. The number of allylic oxidation sites excluding steroid dienone is 1. The van der Waals surface area contributed by atoms with Crippen LogP contribution < -0.4 is 5.22 Å². The van der Waals surface area contributed by atoms with E-state index in [-0.39, 0.29) is 0 Å². The SMILES string of the molecule is C1=CC2=CN=[N+]N2C=N1. The van der Waals surface area contributed by atoms with Crippen LogP contribution in [0.25, 0.3) is 0 Å². The maximum Gasteiger partial charge on any atom is 0.339 e. The van der Waals surface area contributed by atoms with E-state index in [1.165, 1.54) is 0 Å². The average Bonchev–Trinajstić information content (AvgIpc) is 2.33. The van der Waals surface area contributed by atoms with Gasteiger partial charge in [-0.05, 0) is 11.1 Å². The lowest BCUT2D eigenvalue weighted by molar-refractivity contribution is 0.495. The first kappa shape index (κ1) is 4.43. The lowest BCUT2D eigenvalue weighted by Crippen LogP contribution is -2.19. The molecule has 1 radical (unpaired) electrons. The predicted molar refractivity (Wildman–Crippen MR) is 32.1 cm³/mol. The molecule has 0 bridgehead atoms. The van der Waals surface area contributed by atoms with Crippen LogP contribution in [0, 0.1) is 0 Å². The molecule has 2 rings (SSSR count). The van der Waals surface area contributed by atoms with E-state index in [1.54, 1.807) is 23.7 Å². The molecule has 0 fully saturated rings. The van der Waals surface area contributed by atoms with Gasteiger partial charge in [0, 0.05) is 6.20 Å². The zero-order chi connectivity index (χ0) is 6.10. The number of fused-ring (bicyclic) bond motifs is 1. The van der Waals surface area contributed by atoms with Crippen LogP contribution in [0.15, 0.2) is 34.3 Å². The molecule has 0 aliphatic carbocycles. The van der Waals surface area contributed by atoms with Crippen LogP contribution in [0.2, 0.25) is 0 Å². The highest BCUT2D eigenvalue weighted by Crippen LogP contribution is 2.09. The number of hydrogen-bond acceptors (Lipinski definition) is 4. The molecule has 9 heavy (non-hydrogen) atoms. The van der Waals surface area contributed by atoms with Crippen LogP contribution in [0.3, 0.4) is 0 Å². The quantitative estimate of drug-likeness (QED) is 0.456. The van der Waals surface area contributed by atoms with E-state index in [1.807, 2.05) is 6.08 Å². The van der Waals surface area contributed by atoms with Crippen molar-refractivity contribution in [2.24, 2.45) is 10.1 Å². The van der Waals surface area contributed by atoms with Gasteiger partial charge in [0.1, 0.15) is 11.9 Å². The molecule has 0 aromatic carbocycles. The van der Waals surface area contributed by atoms with E-state index in [9.17, 15) is 0 Å². The fourth-order valence-corrected chi connectivity index (χ4v) is 0.682. The topological polar surface area (TPSA) is 42.1 Å². The fourth-order valence-electron chi connectivity index (χ4n) is 0.682. The molecule has 0 aromatic rings. The number of rotatable bonds is 0. The van der Waals surface area contributed by atoms with E-state index in [2.05, 4.69) is 15.3 Å². The Bertz CT molecular complexity index is 235. The zero-order valence-electron chi connectivity index (χ0n) is 4.60. The van der Waals surface area contributed by atoms with Gasteiger partial charge >= 0.3 is 5.22 Å². The summed E-state index contributed by atoms with van der Waals surface area (Å²) in [5, 5.41) is 9.01. The molecule has 2 aliphatic heterocycles. The van der Waals surface area contributed by atoms with Crippen molar-refractivity contribution in [2.75, 3.05) is 0 Å².